The fraction of sp³-hybridized carbons (Fsp3) is 0.581. The number of carbonyl (C=O) groups is 2. The lowest BCUT2D eigenvalue weighted by Crippen LogP contribution is -2.52. The van der Waals surface area contributed by atoms with Gasteiger partial charge < -0.3 is 19.7 Å². The van der Waals surface area contributed by atoms with E-state index in [-0.39, 0.29) is 25.3 Å². The van der Waals surface area contributed by atoms with Crippen LogP contribution in [0.1, 0.15) is 84.4 Å². The summed E-state index contributed by atoms with van der Waals surface area (Å²) in [5.74, 6) is -0.727. The maximum absolute atomic E-state index is 15.3. The van der Waals surface area contributed by atoms with E-state index in [0.717, 1.165) is 19.3 Å². The smallest absolute Gasteiger partial charge is 0.410 e. The zero-order chi connectivity index (χ0) is 30.7. The molecule has 230 valence electrons. The monoisotopic (exact) mass is 602 g/mol. The molecule has 2 amide bonds. The number of aromatic nitrogens is 1. The third kappa shape index (κ3) is 7.24. The summed E-state index contributed by atoms with van der Waals surface area (Å²) in [5.41, 5.74) is -1.11. The molecule has 2 fully saturated rings. The van der Waals surface area contributed by atoms with E-state index in [1.807, 2.05) is 32.9 Å². The molecule has 0 spiro atoms. The largest absolute Gasteiger partial charge is 0.598 e. The first-order valence-electron chi connectivity index (χ1n) is 14.7. The summed E-state index contributed by atoms with van der Waals surface area (Å²) >= 11 is -1.51. The number of hydrogen-bond acceptors (Lipinski definition) is 7. The van der Waals surface area contributed by atoms with E-state index in [9.17, 15) is 19.2 Å². The molecule has 4 rings (SSSR count). The highest BCUT2D eigenvalue weighted by Crippen LogP contribution is 2.42. The Hall–Kier alpha value is -2.73. The lowest BCUT2D eigenvalue weighted by Gasteiger charge is -2.38. The van der Waals surface area contributed by atoms with Gasteiger partial charge in [-0.25, -0.2) is 9.18 Å². The first-order valence-corrected chi connectivity index (χ1v) is 15.8. The maximum Gasteiger partial charge on any atom is 0.410 e. The van der Waals surface area contributed by atoms with Crippen molar-refractivity contribution in [2.24, 2.45) is 5.92 Å². The van der Waals surface area contributed by atoms with Gasteiger partial charge in [0.2, 0.25) is 5.91 Å². The Bertz CT molecular complexity index is 1260. The van der Waals surface area contributed by atoms with Crippen LogP contribution in [0.3, 0.4) is 0 Å². The van der Waals surface area contributed by atoms with Crippen molar-refractivity contribution < 1.29 is 28.4 Å². The minimum absolute atomic E-state index is 0.000832. The quantitative estimate of drug-likeness (QED) is 0.309. The number of anilines is 1. The average molecular weight is 603 g/mol. The average Bonchev–Trinajstić information content (AvgIpc) is 3.72. The normalized spacial score (nSPS) is 22.9. The molecule has 0 bridgehead atoms. The zero-order valence-electron chi connectivity index (χ0n) is 25.1. The summed E-state index contributed by atoms with van der Waals surface area (Å²) in [6.07, 6.45) is 4.99. The molecule has 0 radical (unpaired) electrons. The minimum Gasteiger partial charge on any atom is -0.598 e. The number of pyridine rings is 1. The molecule has 4 atom stereocenters. The van der Waals surface area contributed by atoms with Crippen LogP contribution >= 0.6 is 0 Å². The van der Waals surface area contributed by atoms with Crippen molar-refractivity contribution >= 4 is 29.0 Å². The highest BCUT2D eigenvalue weighted by atomic mass is 32.2. The summed E-state index contributed by atoms with van der Waals surface area (Å²) in [6, 6.07) is 8.96. The Labute approximate surface area is 250 Å². The zero-order valence-corrected chi connectivity index (χ0v) is 25.9. The molecule has 42 heavy (non-hydrogen) atoms. The Morgan fingerprint density at radius 3 is 2.57 bits per heavy atom. The van der Waals surface area contributed by atoms with Crippen molar-refractivity contribution in [1.29, 1.82) is 0 Å². The third-order valence-electron chi connectivity index (χ3n) is 8.14. The van der Waals surface area contributed by atoms with Gasteiger partial charge in [0.15, 0.2) is 0 Å². The molecule has 1 aliphatic carbocycles. The lowest BCUT2D eigenvalue weighted by molar-refractivity contribution is -0.120. The number of nitrogens with one attached hydrogen (secondary N) is 2. The van der Waals surface area contributed by atoms with E-state index >= 15 is 4.39 Å². The van der Waals surface area contributed by atoms with Crippen molar-refractivity contribution in [1.82, 2.24) is 14.6 Å². The van der Waals surface area contributed by atoms with E-state index < -0.39 is 51.1 Å². The van der Waals surface area contributed by atoms with Gasteiger partial charge in [0, 0.05) is 24.0 Å². The van der Waals surface area contributed by atoms with Crippen LogP contribution in [0.15, 0.2) is 42.6 Å². The lowest BCUT2D eigenvalue weighted by atomic mass is 9.82. The molecule has 3 N–H and O–H groups in total. The van der Waals surface area contributed by atoms with Gasteiger partial charge in [-0.2, -0.15) is 0 Å². The van der Waals surface area contributed by atoms with E-state index in [1.165, 1.54) is 11.0 Å². The Morgan fingerprint density at radius 2 is 1.98 bits per heavy atom. The topological polar surface area (TPSA) is 127 Å². The van der Waals surface area contributed by atoms with Gasteiger partial charge in [-0.1, -0.05) is 31.9 Å². The van der Waals surface area contributed by atoms with E-state index in [2.05, 4.69) is 15.0 Å². The van der Waals surface area contributed by atoms with Gasteiger partial charge >= 0.3 is 6.09 Å². The molecule has 11 heteroatoms. The molecular formula is C31H43FN4O5S. The van der Waals surface area contributed by atoms with Crippen LogP contribution in [0.5, 0.6) is 0 Å². The summed E-state index contributed by atoms with van der Waals surface area (Å²) in [7, 11) is 0. The highest BCUT2D eigenvalue weighted by Gasteiger charge is 2.48. The highest BCUT2D eigenvalue weighted by molar-refractivity contribution is 7.90. The third-order valence-corrected chi connectivity index (χ3v) is 9.79. The molecule has 1 aromatic carbocycles. The maximum atomic E-state index is 15.3. The summed E-state index contributed by atoms with van der Waals surface area (Å²) in [4.78, 5) is 32.0. The molecule has 1 aliphatic heterocycles. The molecule has 2 heterocycles. The van der Waals surface area contributed by atoms with E-state index in [0.29, 0.717) is 30.0 Å². The van der Waals surface area contributed by atoms with Crippen LogP contribution in [0.2, 0.25) is 0 Å². The second-order valence-corrected chi connectivity index (χ2v) is 14.4. The van der Waals surface area contributed by atoms with Gasteiger partial charge in [0.05, 0.1) is 30.1 Å². The fourth-order valence-corrected chi connectivity index (χ4v) is 6.24. The molecule has 1 saturated carbocycles. The number of amides is 2. The minimum atomic E-state index is -1.51. The predicted octanol–water partition coefficient (Wildman–Crippen LogP) is 5.02. The van der Waals surface area contributed by atoms with Gasteiger partial charge in [0.25, 0.3) is 0 Å². The van der Waals surface area contributed by atoms with Crippen LogP contribution < -0.4 is 10.0 Å². The van der Waals surface area contributed by atoms with Gasteiger partial charge in [-0.15, -0.1) is 4.72 Å². The number of likely N-dealkylation sites (tertiary alicyclic amines) is 1. The molecule has 1 aromatic heterocycles. The molecular weight excluding hydrogens is 559 g/mol. The molecule has 2 aliphatic rings. The van der Waals surface area contributed by atoms with E-state index in [1.54, 1.807) is 38.2 Å². The summed E-state index contributed by atoms with van der Waals surface area (Å²) in [6.45, 7) is 9.13. The fourth-order valence-electron chi connectivity index (χ4n) is 5.29. The van der Waals surface area contributed by atoms with E-state index in [4.69, 9.17) is 4.74 Å². The van der Waals surface area contributed by atoms with Crippen molar-refractivity contribution in [2.45, 2.75) is 95.1 Å². The summed E-state index contributed by atoms with van der Waals surface area (Å²) < 4.78 is 36.8. The predicted molar refractivity (Wildman–Crippen MR) is 160 cm³/mol. The standard InChI is InChI=1S/C31H43FN4O5S/c1-6-30(39)19-25(36(20-30)28(38)41-7-2)27(37)34-24-18-22(13-14-23(24)32)31(16-15-21-11-12-21,26-10-8-9-17-33-26)35-42(40)29(3,4)5/h8-10,13-14,17-18,21,25,35,39H,6-7,11-12,15-16,19-20H2,1-5H3,(H,34,37)/t25-,30?,31?,42?/m1/s1. The van der Waals surface area contributed by atoms with Crippen molar-refractivity contribution in [3.63, 3.8) is 0 Å². The first-order chi connectivity index (χ1) is 19.8. The second kappa shape index (κ2) is 12.9. The second-order valence-electron chi connectivity index (χ2n) is 12.4. The Balaban J connectivity index is 1.72. The molecule has 3 unspecified atom stereocenters. The molecule has 2 aromatic rings. The number of hydrogen-bond donors (Lipinski definition) is 3. The molecule has 1 saturated heterocycles. The Kier molecular flexibility index (Phi) is 9.86. The number of β-amino-alcohol motifs (C(OH)–C–C–N with tert-alkyl or cyclic N) is 1. The molecule has 9 nitrogen and oxygen atoms in total. The number of aliphatic hydroxyl groups is 1. The van der Waals surface area contributed by atoms with Gasteiger partial charge in [-0.05, 0) is 82.7 Å². The van der Waals surface area contributed by atoms with Crippen LogP contribution in [-0.4, -0.2) is 61.1 Å². The van der Waals surface area contributed by atoms with Crippen molar-refractivity contribution in [2.75, 3.05) is 18.5 Å². The van der Waals surface area contributed by atoms with Gasteiger partial charge in [-0.3, -0.25) is 14.7 Å². The number of rotatable bonds is 11. The van der Waals surface area contributed by atoms with Gasteiger partial charge in [0.1, 0.15) is 22.1 Å². The number of benzene rings is 1. The Morgan fingerprint density at radius 1 is 1.24 bits per heavy atom. The van der Waals surface area contributed by atoms with Crippen LogP contribution in [0.25, 0.3) is 0 Å². The number of nitrogens with zero attached hydrogens (tertiary/aromatic N) is 2. The number of carbonyl (C=O) groups excluding carboxylic acids is 2. The van der Waals surface area contributed by atoms with Crippen LogP contribution in [0.4, 0.5) is 14.9 Å². The van der Waals surface area contributed by atoms with Crippen molar-refractivity contribution in [3.05, 3.63) is 59.7 Å². The number of halogens is 1. The first kappa shape index (κ1) is 32.2. The van der Waals surface area contributed by atoms with Crippen LogP contribution in [-0.2, 0) is 26.4 Å². The van der Waals surface area contributed by atoms with Crippen LogP contribution in [0, 0.1) is 11.7 Å². The van der Waals surface area contributed by atoms with Crippen molar-refractivity contribution in [3.8, 4) is 0 Å². The summed E-state index contributed by atoms with van der Waals surface area (Å²) in [5, 5.41) is 13.6. The number of ether oxygens (including phenoxy) is 1. The SMILES string of the molecule is CCOC(=O)N1CC(O)(CC)C[C@@H]1C(=O)Nc1cc(C(CCC2CC2)(N[S+]([O-])C(C)(C)C)c2ccccn2)ccc1F.